The maximum absolute atomic E-state index is 3.53. The van der Waals surface area contributed by atoms with Crippen molar-refractivity contribution in [2.45, 2.75) is 20.8 Å². The van der Waals surface area contributed by atoms with E-state index < -0.39 is 0 Å². The molecule has 0 aliphatic rings. The molecule has 3 aromatic rings. The summed E-state index contributed by atoms with van der Waals surface area (Å²) >= 11 is 0. The number of rotatable bonds is 2. The Morgan fingerprint density at radius 3 is 2.64 bits per heavy atom. The molecule has 0 aliphatic heterocycles. The monoisotopic (exact) mass is 364 g/mol. The fourth-order valence-corrected chi connectivity index (χ4v) is 2.71. The van der Waals surface area contributed by atoms with Crippen molar-refractivity contribution in [3.8, 4) is 5.82 Å². The van der Waals surface area contributed by atoms with Gasteiger partial charge in [-0.3, -0.25) is 5.57 Å². The van der Waals surface area contributed by atoms with Crippen LogP contribution >= 0.6 is 0 Å². The maximum atomic E-state index is 3.53. The van der Waals surface area contributed by atoms with Crippen LogP contribution in [0.3, 0.4) is 0 Å². The van der Waals surface area contributed by atoms with Crippen LogP contribution in [-0.4, -0.2) is 4.57 Å². The first-order valence-corrected chi connectivity index (χ1v) is 7.13. The van der Waals surface area contributed by atoms with E-state index >= 15 is 0 Å². The Morgan fingerprint density at radius 1 is 1.18 bits per heavy atom. The molecular weight excluding hydrogens is 345 g/mol. The first-order chi connectivity index (χ1) is 10.1. The first-order valence-electron chi connectivity index (χ1n) is 7.13. The molecule has 0 N–H and O–H groups in total. The molecule has 0 amide bonds. The summed E-state index contributed by atoms with van der Waals surface area (Å²) in [7, 11) is 2.07. The summed E-state index contributed by atoms with van der Waals surface area (Å²) in [5.41, 5.74) is 4.64. The average molecular weight is 364 g/mol. The van der Waals surface area contributed by atoms with Gasteiger partial charge in [0.2, 0.25) is 0 Å². The normalized spacial score (nSPS) is 11.5. The van der Waals surface area contributed by atoms with Crippen molar-refractivity contribution in [3.05, 3.63) is 66.0 Å². The fraction of sp³-hybridized carbons (Fsp3) is 0.211. The van der Waals surface area contributed by atoms with E-state index in [0.29, 0.717) is 0 Å². The smallest absolute Gasteiger partial charge is 0.260 e. The van der Waals surface area contributed by atoms with E-state index in [1.165, 1.54) is 11.1 Å². The van der Waals surface area contributed by atoms with Crippen molar-refractivity contribution in [3.63, 3.8) is 0 Å². The molecule has 0 unspecified atom stereocenters. The number of nitrogens with zero attached hydrogens (tertiary/aromatic N) is 2. The van der Waals surface area contributed by atoms with Crippen molar-refractivity contribution in [2.24, 2.45) is 7.05 Å². The second-order valence-electron chi connectivity index (χ2n) is 5.32. The summed E-state index contributed by atoms with van der Waals surface area (Å²) in [5.74, 6) is 1.13. The molecule has 2 nitrogen and oxygen atoms in total. The third-order valence-corrected chi connectivity index (χ3v) is 3.92. The van der Waals surface area contributed by atoms with Crippen LogP contribution in [0.4, 0.5) is 0 Å². The second kappa shape index (κ2) is 6.89. The van der Waals surface area contributed by atoms with Gasteiger partial charge in [0.15, 0.2) is 0 Å². The summed E-state index contributed by atoms with van der Waals surface area (Å²) in [6.07, 6.45) is 5.31. The number of aromatic nitrogens is 2. The van der Waals surface area contributed by atoms with Crippen LogP contribution in [0.1, 0.15) is 25.1 Å². The summed E-state index contributed by atoms with van der Waals surface area (Å²) < 4.78 is 4.41. The zero-order chi connectivity index (χ0) is 15.0. The van der Waals surface area contributed by atoms with Crippen LogP contribution in [0.5, 0.6) is 0 Å². The third kappa shape index (κ3) is 2.82. The van der Waals surface area contributed by atoms with Crippen molar-refractivity contribution < 1.29 is 37.3 Å². The molecule has 0 aliphatic carbocycles. The Morgan fingerprint density at radius 2 is 1.95 bits per heavy atom. The first kappa shape index (κ1) is 17.1. The number of hydrogen-bond acceptors (Lipinski definition) is 0. The number of aryl methyl sites for hydroxylation is 2. The van der Waals surface area contributed by atoms with E-state index in [0.717, 1.165) is 22.5 Å². The Hall–Kier alpha value is -1.25. The minimum absolute atomic E-state index is 0. The van der Waals surface area contributed by atoms with Crippen molar-refractivity contribution in [1.82, 2.24) is 4.57 Å². The van der Waals surface area contributed by atoms with Gasteiger partial charge in [-0.25, -0.2) is 4.57 Å². The molecule has 22 heavy (non-hydrogen) atoms. The SMILES string of the molecule is C[C-]=C(C)c1[c-]c2cccc(C)c2n1-c1cccc[n+]1C.[Y]. The summed E-state index contributed by atoms with van der Waals surface area (Å²) in [6.45, 7) is 6.18. The van der Waals surface area contributed by atoms with Crippen LogP contribution in [-0.2, 0) is 39.8 Å². The average Bonchev–Trinajstić information content (AvgIpc) is 2.87. The molecule has 3 rings (SSSR count). The molecule has 2 aromatic heterocycles. The fourth-order valence-electron chi connectivity index (χ4n) is 2.71. The number of benzene rings is 1. The van der Waals surface area contributed by atoms with Crippen molar-refractivity contribution >= 4 is 16.5 Å². The molecular formula is C19H19N2Y-. The minimum Gasteiger partial charge on any atom is -0.331 e. The van der Waals surface area contributed by atoms with E-state index in [2.05, 4.69) is 78.7 Å². The summed E-state index contributed by atoms with van der Waals surface area (Å²) in [6, 6.07) is 16.1. The van der Waals surface area contributed by atoms with Gasteiger partial charge in [0.25, 0.3) is 5.82 Å². The Bertz CT molecular complexity index is 844. The molecule has 0 spiro atoms. The van der Waals surface area contributed by atoms with E-state index in [-0.39, 0.29) is 32.7 Å². The summed E-state index contributed by atoms with van der Waals surface area (Å²) in [4.78, 5) is 0. The number of allylic oxidation sites excluding steroid dienone is 2. The second-order valence-corrected chi connectivity index (χ2v) is 5.32. The van der Waals surface area contributed by atoms with Gasteiger partial charge >= 0.3 is 0 Å². The van der Waals surface area contributed by atoms with E-state index in [1.807, 2.05) is 13.0 Å². The standard InChI is InChI=1S/C19H19N2.Y/c1-5-14(2)17-13-16-10-8-9-15(3)19(16)21(17)18-11-6-7-12-20(18)4;/h6-12H,1-4H3;/q-1;. The van der Waals surface area contributed by atoms with Gasteiger partial charge in [0, 0.05) is 44.3 Å². The Labute approximate surface area is 157 Å². The number of fused-ring (bicyclic) bond motifs is 1. The molecule has 3 heteroatoms. The maximum Gasteiger partial charge on any atom is 0.260 e. The zero-order valence-corrected chi connectivity index (χ0v) is 16.4. The van der Waals surface area contributed by atoms with Crippen LogP contribution in [0.2, 0.25) is 0 Å². The zero-order valence-electron chi connectivity index (χ0n) is 13.5. The quantitative estimate of drug-likeness (QED) is 0.483. The minimum atomic E-state index is 0. The molecule has 0 fully saturated rings. The largest absolute Gasteiger partial charge is 0.331 e. The van der Waals surface area contributed by atoms with E-state index in [9.17, 15) is 0 Å². The summed E-state index contributed by atoms with van der Waals surface area (Å²) in [5, 5.41) is 1.14. The molecule has 0 saturated heterocycles. The molecule has 0 saturated carbocycles. The van der Waals surface area contributed by atoms with Crippen LogP contribution in [0.25, 0.3) is 22.3 Å². The predicted octanol–water partition coefficient (Wildman–Crippen LogP) is 3.79. The van der Waals surface area contributed by atoms with Gasteiger partial charge in [-0.15, -0.1) is 37.1 Å². The molecule has 2 heterocycles. The molecule has 109 valence electrons. The van der Waals surface area contributed by atoms with E-state index in [1.54, 1.807) is 0 Å². The number of pyridine rings is 1. The van der Waals surface area contributed by atoms with Gasteiger partial charge in [-0.05, 0) is 18.6 Å². The van der Waals surface area contributed by atoms with Crippen LogP contribution < -0.4 is 4.57 Å². The van der Waals surface area contributed by atoms with Crippen LogP contribution in [0.15, 0.2) is 42.6 Å². The molecule has 0 bridgehead atoms. The van der Waals surface area contributed by atoms with Crippen molar-refractivity contribution in [1.29, 1.82) is 0 Å². The topological polar surface area (TPSA) is 8.81 Å². The van der Waals surface area contributed by atoms with Crippen molar-refractivity contribution in [2.75, 3.05) is 0 Å². The predicted molar refractivity (Wildman–Crippen MR) is 86.0 cm³/mol. The van der Waals surface area contributed by atoms with Gasteiger partial charge in [0.05, 0.1) is 13.2 Å². The van der Waals surface area contributed by atoms with Gasteiger partial charge in [-0.1, -0.05) is 12.1 Å². The molecule has 1 aromatic carbocycles. The number of hydrogen-bond donors (Lipinski definition) is 0. The van der Waals surface area contributed by atoms with E-state index in [4.69, 9.17) is 0 Å². The van der Waals surface area contributed by atoms with Gasteiger partial charge in [-0.2, -0.15) is 6.07 Å². The third-order valence-electron chi connectivity index (χ3n) is 3.92. The Balaban J connectivity index is 0.00000176. The Kier molecular flexibility index (Phi) is 5.36. The van der Waals surface area contributed by atoms with Crippen LogP contribution in [0, 0.1) is 19.1 Å². The van der Waals surface area contributed by atoms with Gasteiger partial charge in [0.1, 0.15) is 0 Å². The molecule has 1 radical (unpaired) electrons. The number of para-hydroxylation sites is 1. The molecule has 0 atom stereocenters. The van der Waals surface area contributed by atoms with Gasteiger partial charge < -0.3 is 10.6 Å².